The van der Waals surface area contributed by atoms with E-state index < -0.39 is 0 Å². The summed E-state index contributed by atoms with van der Waals surface area (Å²) in [5.41, 5.74) is 3.88. The summed E-state index contributed by atoms with van der Waals surface area (Å²) in [5, 5.41) is 7.73. The van der Waals surface area contributed by atoms with E-state index in [1.165, 1.54) is 30.4 Å². The number of benzene rings is 1. The third-order valence-electron chi connectivity index (χ3n) is 2.75. The summed E-state index contributed by atoms with van der Waals surface area (Å²) in [6, 6.07) is 6.36. The second kappa shape index (κ2) is 3.45. The lowest BCUT2D eigenvalue weighted by atomic mass is 10.1. The third kappa shape index (κ3) is 1.59. The molecule has 1 aromatic heterocycles. The molecule has 3 nitrogen and oxygen atoms in total. The van der Waals surface area contributed by atoms with Gasteiger partial charge < -0.3 is 4.42 Å². The van der Waals surface area contributed by atoms with Crippen LogP contribution in [0.4, 0.5) is 0 Å². The summed E-state index contributed by atoms with van der Waals surface area (Å²) in [6.07, 6.45) is 3.62. The van der Waals surface area contributed by atoms with E-state index in [1.807, 2.05) is 6.07 Å². The Hall–Kier alpha value is -1.16. The predicted octanol–water partition coefficient (Wildman–Crippen LogP) is 2.99. The fraction of sp³-hybridized carbons (Fsp3) is 0.273. The fourth-order valence-electron chi connectivity index (χ4n) is 2.03. The number of rotatable bonds is 1. The first-order valence-electron chi connectivity index (χ1n) is 4.94. The van der Waals surface area contributed by atoms with E-state index in [0.29, 0.717) is 10.7 Å². The van der Waals surface area contributed by atoms with Crippen LogP contribution >= 0.6 is 15.9 Å². The molecule has 0 unspecified atom stereocenters. The number of aromatic nitrogens is 2. The van der Waals surface area contributed by atoms with Gasteiger partial charge >= 0.3 is 0 Å². The number of aryl methyl sites for hydroxylation is 2. The SMILES string of the molecule is Brc1nnc(-c2ccc3c(c2)CCC3)o1. The molecule has 0 aliphatic heterocycles. The summed E-state index contributed by atoms with van der Waals surface area (Å²) in [7, 11) is 0. The van der Waals surface area contributed by atoms with Crippen molar-refractivity contribution in [2.75, 3.05) is 0 Å². The van der Waals surface area contributed by atoms with Crippen molar-refractivity contribution in [3.63, 3.8) is 0 Å². The van der Waals surface area contributed by atoms with Crippen LogP contribution < -0.4 is 0 Å². The summed E-state index contributed by atoms with van der Waals surface area (Å²) < 4.78 is 5.32. The van der Waals surface area contributed by atoms with E-state index >= 15 is 0 Å². The molecule has 0 fully saturated rings. The summed E-state index contributed by atoms with van der Waals surface area (Å²) in [5.74, 6) is 0.580. The molecule has 0 radical (unpaired) electrons. The van der Waals surface area contributed by atoms with Crippen molar-refractivity contribution in [1.82, 2.24) is 10.2 Å². The van der Waals surface area contributed by atoms with Crippen LogP contribution in [-0.4, -0.2) is 10.2 Å². The minimum absolute atomic E-state index is 0.429. The van der Waals surface area contributed by atoms with Crippen LogP contribution in [0.2, 0.25) is 0 Å². The number of hydrogen-bond acceptors (Lipinski definition) is 3. The van der Waals surface area contributed by atoms with Crippen LogP contribution in [0.3, 0.4) is 0 Å². The van der Waals surface area contributed by atoms with Gasteiger partial charge in [-0.2, -0.15) is 0 Å². The van der Waals surface area contributed by atoms with Crippen molar-refractivity contribution in [1.29, 1.82) is 0 Å². The maximum atomic E-state index is 5.32. The van der Waals surface area contributed by atoms with Gasteiger partial charge in [0.25, 0.3) is 4.80 Å². The van der Waals surface area contributed by atoms with Crippen molar-refractivity contribution >= 4 is 15.9 Å². The highest BCUT2D eigenvalue weighted by Gasteiger charge is 2.13. The van der Waals surface area contributed by atoms with Gasteiger partial charge in [0.1, 0.15) is 0 Å². The van der Waals surface area contributed by atoms with Gasteiger partial charge in [0.05, 0.1) is 0 Å². The number of fused-ring (bicyclic) bond motifs is 1. The Kier molecular flexibility index (Phi) is 2.09. The largest absolute Gasteiger partial charge is 0.411 e. The van der Waals surface area contributed by atoms with Crippen molar-refractivity contribution in [2.24, 2.45) is 0 Å². The second-order valence-corrected chi connectivity index (χ2v) is 4.38. The Morgan fingerprint density at radius 1 is 1.13 bits per heavy atom. The molecule has 0 spiro atoms. The van der Waals surface area contributed by atoms with Crippen LogP contribution in [0.1, 0.15) is 17.5 Å². The number of halogens is 1. The van der Waals surface area contributed by atoms with Gasteiger partial charge in [0.2, 0.25) is 5.89 Å². The molecular formula is C11H9BrN2O. The van der Waals surface area contributed by atoms with E-state index in [2.05, 4.69) is 38.3 Å². The quantitative estimate of drug-likeness (QED) is 0.795. The first-order valence-corrected chi connectivity index (χ1v) is 5.73. The second-order valence-electron chi connectivity index (χ2n) is 3.70. The Labute approximate surface area is 95.6 Å². The molecule has 1 aliphatic rings. The van der Waals surface area contributed by atoms with E-state index in [-0.39, 0.29) is 0 Å². The maximum Gasteiger partial charge on any atom is 0.285 e. The molecule has 0 bridgehead atoms. The van der Waals surface area contributed by atoms with Gasteiger partial charge in [-0.15, -0.1) is 10.2 Å². The molecule has 1 aromatic carbocycles. The van der Waals surface area contributed by atoms with Gasteiger partial charge in [-0.3, -0.25) is 0 Å². The van der Waals surface area contributed by atoms with Gasteiger partial charge in [-0.25, -0.2) is 0 Å². The van der Waals surface area contributed by atoms with Crippen molar-refractivity contribution in [2.45, 2.75) is 19.3 Å². The molecule has 3 rings (SSSR count). The topological polar surface area (TPSA) is 38.9 Å². The lowest BCUT2D eigenvalue weighted by molar-refractivity contribution is 0.540. The van der Waals surface area contributed by atoms with E-state index in [0.717, 1.165) is 5.56 Å². The molecule has 1 aliphatic carbocycles. The van der Waals surface area contributed by atoms with Crippen LogP contribution in [0.25, 0.3) is 11.5 Å². The molecule has 15 heavy (non-hydrogen) atoms. The molecule has 0 amide bonds. The zero-order valence-electron chi connectivity index (χ0n) is 8.03. The summed E-state index contributed by atoms with van der Waals surface area (Å²) in [6.45, 7) is 0. The third-order valence-corrected chi connectivity index (χ3v) is 3.07. The lowest BCUT2D eigenvalue weighted by Crippen LogP contribution is -1.84. The smallest absolute Gasteiger partial charge is 0.285 e. The summed E-state index contributed by atoms with van der Waals surface area (Å²) in [4.78, 5) is 0.429. The highest BCUT2D eigenvalue weighted by atomic mass is 79.9. The van der Waals surface area contributed by atoms with Crippen LogP contribution in [0, 0.1) is 0 Å². The molecular weight excluding hydrogens is 256 g/mol. The van der Waals surface area contributed by atoms with E-state index in [9.17, 15) is 0 Å². The normalized spacial score (nSPS) is 14.2. The highest BCUT2D eigenvalue weighted by molar-refractivity contribution is 9.10. The minimum Gasteiger partial charge on any atom is -0.411 e. The minimum atomic E-state index is 0.429. The Balaban J connectivity index is 2.06. The molecule has 0 atom stereocenters. The van der Waals surface area contributed by atoms with Crippen molar-refractivity contribution < 1.29 is 4.42 Å². The molecule has 0 saturated carbocycles. The maximum absolute atomic E-state index is 5.32. The predicted molar refractivity (Wildman–Crippen MR) is 59.5 cm³/mol. The Morgan fingerprint density at radius 2 is 2.00 bits per heavy atom. The number of hydrogen-bond donors (Lipinski definition) is 0. The lowest BCUT2D eigenvalue weighted by Gasteiger charge is -2.00. The van der Waals surface area contributed by atoms with Crippen LogP contribution in [-0.2, 0) is 12.8 Å². The Morgan fingerprint density at radius 3 is 2.80 bits per heavy atom. The molecule has 2 aromatic rings. The highest BCUT2D eigenvalue weighted by Crippen LogP contribution is 2.27. The average molecular weight is 265 g/mol. The first-order chi connectivity index (χ1) is 7.33. The van der Waals surface area contributed by atoms with Gasteiger partial charge in [0.15, 0.2) is 0 Å². The van der Waals surface area contributed by atoms with Crippen LogP contribution in [0.5, 0.6) is 0 Å². The first kappa shape index (κ1) is 9.09. The zero-order chi connectivity index (χ0) is 10.3. The Bertz CT molecular complexity index is 507. The van der Waals surface area contributed by atoms with Crippen molar-refractivity contribution in [3.05, 3.63) is 34.1 Å². The zero-order valence-corrected chi connectivity index (χ0v) is 9.62. The fourth-order valence-corrected chi connectivity index (χ4v) is 2.26. The number of nitrogens with zero attached hydrogens (tertiary/aromatic N) is 2. The van der Waals surface area contributed by atoms with E-state index in [1.54, 1.807) is 0 Å². The average Bonchev–Trinajstić information content (AvgIpc) is 2.84. The molecule has 0 N–H and O–H groups in total. The molecule has 0 saturated heterocycles. The standard InChI is InChI=1S/C11H9BrN2O/c12-11-14-13-10(15-11)9-5-4-7-2-1-3-8(7)6-9/h4-6H,1-3H2. The van der Waals surface area contributed by atoms with Crippen LogP contribution in [0.15, 0.2) is 27.4 Å². The van der Waals surface area contributed by atoms with Gasteiger partial charge in [0, 0.05) is 21.5 Å². The molecule has 1 heterocycles. The molecule has 4 heteroatoms. The van der Waals surface area contributed by atoms with Gasteiger partial charge in [-0.1, -0.05) is 6.07 Å². The van der Waals surface area contributed by atoms with Gasteiger partial charge in [-0.05, 0) is 42.5 Å². The monoisotopic (exact) mass is 264 g/mol. The molecule has 76 valence electrons. The summed E-state index contributed by atoms with van der Waals surface area (Å²) >= 11 is 3.15. The van der Waals surface area contributed by atoms with E-state index in [4.69, 9.17) is 4.42 Å². The van der Waals surface area contributed by atoms with Crippen molar-refractivity contribution in [3.8, 4) is 11.5 Å².